The number of aromatic nitrogens is 3. The van der Waals surface area contributed by atoms with E-state index in [4.69, 9.17) is 9.97 Å². The van der Waals surface area contributed by atoms with Crippen LogP contribution in [0.4, 0.5) is 0 Å². The van der Waals surface area contributed by atoms with E-state index in [1.807, 2.05) is 35.6 Å². The van der Waals surface area contributed by atoms with Crippen molar-refractivity contribution in [2.75, 3.05) is 0 Å². The molecule has 0 spiro atoms. The third kappa shape index (κ3) is 4.80. The van der Waals surface area contributed by atoms with Crippen LogP contribution in [0.2, 0.25) is 0 Å². The second-order valence-corrected chi connectivity index (χ2v) is 13.7. The molecule has 3 heterocycles. The summed E-state index contributed by atoms with van der Waals surface area (Å²) in [4.78, 5) is 11.3. The van der Waals surface area contributed by atoms with Crippen molar-refractivity contribution in [1.82, 2.24) is 14.4 Å². The molecule has 0 aliphatic heterocycles. The largest absolute Gasteiger partial charge is 0.299 e. The zero-order chi connectivity index (χ0) is 33.0. The Morgan fingerprint density at radius 3 is 1.76 bits per heavy atom. The van der Waals surface area contributed by atoms with Crippen molar-refractivity contribution in [3.8, 4) is 56.2 Å². The Morgan fingerprint density at radius 1 is 0.400 bits per heavy atom. The van der Waals surface area contributed by atoms with Gasteiger partial charge in [0.25, 0.3) is 0 Å². The smallest absolute Gasteiger partial charge is 0.160 e. The van der Waals surface area contributed by atoms with Gasteiger partial charge in [-0.1, -0.05) is 140 Å². The van der Waals surface area contributed by atoms with Crippen LogP contribution in [0.3, 0.4) is 0 Å². The van der Waals surface area contributed by atoms with E-state index in [1.165, 1.54) is 59.0 Å². The quantitative estimate of drug-likeness (QED) is 0.185. The first kappa shape index (κ1) is 28.6. The van der Waals surface area contributed by atoms with Gasteiger partial charge in [-0.2, -0.15) is 0 Å². The first-order valence-electron chi connectivity index (χ1n) is 16.8. The van der Waals surface area contributed by atoms with E-state index >= 15 is 0 Å². The molecule has 0 atom stereocenters. The lowest BCUT2D eigenvalue weighted by atomic mass is 9.97. The van der Waals surface area contributed by atoms with Crippen LogP contribution < -0.4 is 0 Å². The SMILES string of the molecule is c1ccc(-c2cc(-c3ccc(-c4c5cc(-c6ccc7ccccc7c6)ccc5n5c4sc4ccccc45)cc3)nc(-c3ccccc3)n2)cc1. The number of nitrogens with zero attached hydrogens (tertiary/aromatic N) is 3. The molecule has 3 aromatic heterocycles. The lowest BCUT2D eigenvalue weighted by Crippen LogP contribution is -1.95. The number of para-hydroxylation sites is 1. The van der Waals surface area contributed by atoms with Crippen LogP contribution in [-0.4, -0.2) is 14.4 Å². The van der Waals surface area contributed by atoms with Gasteiger partial charge in [-0.25, -0.2) is 9.97 Å². The zero-order valence-corrected chi connectivity index (χ0v) is 27.8. The summed E-state index contributed by atoms with van der Waals surface area (Å²) in [5.74, 6) is 0.720. The highest BCUT2D eigenvalue weighted by Crippen LogP contribution is 2.44. The molecule has 4 heteroatoms. The van der Waals surface area contributed by atoms with E-state index in [2.05, 4.69) is 156 Å². The van der Waals surface area contributed by atoms with E-state index in [9.17, 15) is 0 Å². The first-order valence-corrected chi connectivity index (χ1v) is 17.6. The van der Waals surface area contributed by atoms with Crippen LogP contribution in [0.25, 0.3) is 92.9 Å². The van der Waals surface area contributed by atoms with E-state index in [-0.39, 0.29) is 0 Å². The fourth-order valence-corrected chi connectivity index (χ4v) is 8.38. The van der Waals surface area contributed by atoms with Gasteiger partial charge >= 0.3 is 0 Å². The van der Waals surface area contributed by atoms with Crippen molar-refractivity contribution in [2.24, 2.45) is 0 Å². The minimum Gasteiger partial charge on any atom is -0.299 e. The van der Waals surface area contributed by atoms with Crippen molar-refractivity contribution in [3.63, 3.8) is 0 Å². The van der Waals surface area contributed by atoms with Gasteiger partial charge in [0.05, 0.1) is 27.1 Å². The normalized spacial score (nSPS) is 11.6. The first-order chi connectivity index (χ1) is 24.8. The van der Waals surface area contributed by atoms with Gasteiger partial charge in [-0.15, -0.1) is 11.3 Å². The van der Waals surface area contributed by atoms with E-state index < -0.39 is 0 Å². The number of hydrogen-bond acceptors (Lipinski definition) is 3. The molecule has 0 saturated heterocycles. The second-order valence-electron chi connectivity index (χ2n) is 12.7. The number of hydrogen-bond donors (Lipinski definition) is 0. The van der Waals surface area contributed by atoms with E-state index in [1.54, 1.807) is 0 Å². The monoisotopic (exact) mass is 655 g/mol. The van der Waals surface area contributed by atoms with Crippen LogP contribution in [0.5, 0.6) is 0 Å². The molecule has 0 N–H and O–H groups in total. The number of rotatable bonds is 5. The predicted octanol–water partition coefficient (Wildman–Crippen LogP) is 12.6. The molecule has 0 amide bonds. The summed E-state index contributed by atoms with van der Waals surface area (Å²) in [6, 6.07) is 62.5. The standard InChI is InChI=1S/C46H29N3S/c1-3-12-31(13-4-1)39-29-40(48-45(47-39)34-14-5-2-6-15-34)32-20-22-33(23-21-32)44-38-28-37(36-24-19-30-11-7-8-16-35(30)27-36)25-26-41(38)49-42-17-9-10-18-43(42)50-46(44)49/h1-29H. The van der Waals surface area contributed by atoms with Gasteiger partial charge in [0, 0.05) is 27.6 Å². The van der Waals surface area contributed by atoms with Crippen molar-refractivity contribution < 1.29 is 0 Å². The fourth-order valence-electron chi connectivity index (χ4n) is 7.14. The highest BCUT2D eigenvalue weighted by atomic mass is 32.1. The molecular weight excluding hydrogens is 627 g/mol. The van der Waals surface area contributed by atoms with E-state index in [0.717, 1.165) is 33.9 Å². The maximum Gasteiger partial charge on any atom is 0.160 e. The molecule has 3 nitrogen and oxygen atoms in total. The summed E-state index contributed by atoms with van der Waals surface area (Å²) in [5.41, 5.74) is 12.3. The second kappa shape index (κ2) is 11.7. The van der Waals surface area contributed by atoms with Gasteiger partial charge in [-0.3, -0.25) is 4.40 Å². The van der Waals surface area contributed by atoms with Gasteiger partial charge in [0.15, 0.2) is 5.82 Å². The predicted molar refractivity (Wildman–Crippen MR) is 211 cm³/mol. The Bertz CT molecular complexity index is 2790. The molecular formula is C46H29N3S. The highest BCUT2D eigenvalue weighted by Gasteiger charge is 2.19. The van der Waals surface area contributed by atoms with Crippen LogP contribution >= 0.6 is 11.3 Å². The lowest BCUT2D eigenvalue weighted by Gasteiger charge is -2.10. The molecule has 50 heavy (non-hydrogen) atoms. The summed E-state index contributed by atoms with van der Waals surface area (Å²) < 4.78 is 3.72. The minimum atomic E-state index is 0.720. The Hall–Kier alpha value is -6.36. The van der Waals surface area contributed by atoms with Crippen molar-refractivity contribution in [1.29, 1.82) is 0 Å². The van der Waals surface area contributed by atoms with Crippen LogP contribution in [0, 0.1) is 0 Å². The molecule has 0 aliphatic carbocycles. The molecule has 0 bridgehead atoms. The zero-order valence-electron chi connectivity index (χ0n) is 27.0. The molecule has 0 radical (unpaired) electrons. The van der Waals surface area contributed by atoms with Crippen molar-refractivity contribution in [3.05, 3.63) is 176 Å². The summed E-state index contributed by atoms with van der Waals surface area (Å²) in [6.07, 6.45) is 0. The molecule has 7 aromatic carbocycles. The fraction of sp³-hybridized carbons (Fsp3) is 0. The molecule has 0 saturated carbocycles. The molecule has 0 unspecified atom stereocenters. The molecule has 10 rings (SSSR count). The van der Waals surface area contributed by atoms with Crippen molar-refractivity contribution in [2.45, 2.75) is 0 Å². The van der Waals surface area contributed by atoms with Gasteiger partial charge in [-0.05, 0) is 63.9 Å². The van der Waals surface area contributed by atoms with Gasteiger partial charge in [0.1, 0.15) is 4.83 Å². The maximum absolute atomic E-state index is 5.07. The number of benzene rings is 7. The topological polar surface area (TPSA) is 30.2 Å². The Labute approximate surface area is 293 Å². The van der Waals surface area contributed by atoms with Gasteiger partial charge in [0.2, 0.25) is 0 Å². The third-order valence-electron chi connectivity index (χ3n) is 9.62. The summed E-state index contributed by atoms with van der Waals surface area (Å²) >= 11 is 1.85. The van der Waals surface area contributed by atoms with Crippen molar-refractivity contribution >= 4 is 48.1 Å². The Kier molecular flexibility index (Phi) is 6.68. The lowest BCUT2D eigenvalue weighted by molar-refractivity contribution is 1.18. The minimum absolute atomic E-state index is 0.720. The molecule has 0 aliphatic rings. The maximum atomic E-state index is 5.07. The molecule has 0 fully saturated rings. The average molecular weight is 656 g/mol. The summed E-state index contributed by atoms with van der Waals surface area (Å²) in [7, 11) is 0. The van der Waals surface area contributed by atoms with Crippen LogP contribution in [0.15, 0.2) is 176 Å². The van der Waals surface area contributed by atoms with Crippen LogP contribution in [-0.2, 0) is 0 Å². The van der Waals surface area contributed by atoms with Gasteiger partial charge < -0.3 is 0 Å². The Balaban J connectivity index is 1.14. The Morgan fingerprint density at radius 2 is 0.980 bits per heavy atom. The average Bonchev–Trinajstić information content (AvgIpc) is 3.72. The summed E-state index contributed by atoms with van der Waals surface area (Å²) in [5, 5.41) is 3.75. The third-order valence-corrected chi connectivity index (χ3v) is 10.8. The number of fused-ring (bicyclic) bond motifs is 6. The molecule has 10 aromatic rings. The number of thiazole rings is 1. The van der Waals surface area contributed by atoms with Crippen LogP contribution in [0.1, 0.15) is 0 Å². The molecule has 234 valence electrons. The summed E-state index contributed by atoms with van der Waals surface area (Å²) in [6.45, 7) is 0. The highest BCUT2D eigenvalue weighted by molar-refractivity contribution is 7.24. The van der Waals surface area contributed by atoms with E-state index in [0.29, 0.717) is 0 Å².